The van der Waals surface area contributed by atoms with Crippen molar-refractivity contribution in [2.45, 2.75) is 13.0 Å². The summed E-state index contributed by atoms with van der Waals surface area (Å²) in [6.45, 7) is 1.09. The molecular weight excluding hydrogens is 311 g/mol. The average molecular weight is 327 g/mol. The number of carbonyl (C=O) groups is 1. The van der Waals surface area contributed by atoms with Gasteiger partial charge in [-0.2, -0.15) is 5.10 Å². The molecule has 0 aliphatic heterocycles. The molecule has 1 heterocycles. The first-order valence-electron chi connectivity index (χ1n) is 6.50. The predicted molar refractivity (Wildman–Crippen MR) is 85.0 cm³/mol. The van der Waals surface area contributed by atoms with E-state index < -0.39 is 0 Å². The fourth-order valence-electron chi connectivity index (χ4n) is 1.82. The Bertz CT molecular complexity index is 627. The first kappa shape index (κ1) is 15.8. The number of halogens is 2. The van der Waals surface area contributed by atoms with E-state index in [0.29, 0.717) is 35.4 Å². The van der Waals surface area contributed by atoms with Crippen molar-refractivity contribution in [2.24, 2.45) is 0 Å². The molecule has 0 saturated heterocycles. The number of nitrogens with zero attached hydrogens (tertiary/aromatic N) is 2. The zero-order valence-corrected chi connectivity index (χ0v) is 13.1. The Morgan fingerprint density at radius 3 is 2.86 bits per heavy atom. The molecule has 0 aliphatic rings. The van der Waals surface area contributed by atoms with E-state index in [2.05, 4.69) is 15.7 Å². The lowest BCUT2D eigenvalue weighted by atomic mass is 10.2. The van der Waals surface area contributed by atoms with Crippen molar-refractivity contribution in [3.63, 3.8) is 0 Å². The number of anilines is 1. The number of hydrogen-bond donors (Lipinski definition) is 2. The smallest absolute Gasteiger partial charge is 0.226 e. The van der Waals surface area contributed by atoms with Crippen LogP contribution in [0, 0.1) is 0 Å². The summed E-state index contributed by atoms with van der Waals surface area (Å²) in [4.78, 5) is 11.7. The van der Waals surface area contributed by atoms with Crippen molar-refractivity contribution in [1.29, 1.82) is 0 Å². The largest absolute Gasteiger partial charge is 0.319 e. The minimum Gasteiger partial charge on any atom is -0.319 e. The molecule has 0 atom stereocenters. The molecule has 112 valence electrons. The number of hydrogen-bond acceptors (Lipinski definition) is 3. The van der Waals surface area contributed by atoms with Gasteiger partial charge in [0, 0.05) is 29.1 Å². The van der Waals surface area contributed by atoms with Gasteiger partial charge in [-0.1, -0.05) is 29.3 Å². The molecule has 2 aromatic rings. The van der Waals surface area contributed by atoms with Crippen LogP contribution in [0.2, 0.25) is 10.0 Å². The van der Waals surface area contributed by atoms with Crippen LogP contribution in [0.4, 0.5) is 5.82 Å². The van der Waals surface area contributed by atoms with Gasteiger partial charge in [-0.25, -0.2) is 4.68 Å². The van der Waals surface area contributed by atoms with Crippen molar-refractivity contribution in [1.82, 2.24) is 15.1 Å². The maximum atomic E-state index is 11.7. The number of aromatic nitrogens is 2. The standard InChI is InChI=1S/C14H16Cl2N4O/c1-17-6-5-14(21)19-13-4-7-18-20(13)9-10-2-3-11(15)8-12(10)16/h2-4,7-8,17H,5-6,9H2,1H3,(H,19,21). The molecule has 0 radical (unpaired) electrons. The summed E-state index contributed by atoms with van der Waals surface area (Å²) < 4.78 is 1.69. The Hall–Kier alpha value is -1.56. The van der Waals surface area contributed by atoms with Gasteiger partial charge in [0.05, 0.1) is 12.7 Å². The molecule has 1 aromatic heterocycles. The van der Waals surface area contributed by atoms with E-state index >= 15 is 0 Å². The lowest BCUT2D eigenvalue weighted by Gasteiger charge is -2.10. The summed E-state index contributed by atoms with van der Waals surface area (Å²) in [5.74, 6) is 0.579. The Morgan fingerprint density at radius 1 is 1.33 bits per heavy atom. The van der Waals surface area contributed by atoms with Crippen LogP contribution in [-0.2, 0) is 11.3 Å². The Balaban J connectivity index is 2.08. The van der Waals surface area contributed by atoms with Crippen LogP contribution < -0.4 is 10.6 Å². The molecule has 1 amide bonds. The van der Waals surface area contributed by atoms with E-state index in [1.165, 1.54) is 0 Å². The number of carbonyl (C=O) groups excluding carboxylic acids is 1. The molecule has 0 saturated carbocycles. The van der Waals surface area contributed by atoms with E-state index in [-0.39, 0.29) is 5.91 Å². The van der Waals surface area contributed by atoms with Gasteiger partial charge in [0.25, 0.3) is 0 Å². The van der Waals surface area contributed by atoms with Crippen molar-refractivity contribution in [2.75, 3.05) is 18.9 Å². The predicted octanol–water partition coefficient (Wildman–Crippen LogP) is 2.79. The maximum absolute atomic E-state index is 11.7. The fourth-order valence-corrected chi connectivity index (χ4v) is 2.29. The first-order chi connectivity index (χ1) is 10.1. The first-order valence-corrected chi connectivity index (χ1v) is 7.26. The molecule has 0 aliphatic carbocycles. The Morgan fingerprint density at radius 2 is 2.14 bits per heavy atom. The highest BCUT2D eigenvalue weighted by molar-refractivity contribution is 6.35. The highest BCUT2D eigenvalue weighted by Gasteiger charge is 2.09. The van der Waals surface area contributed by atoms with Gasteiger partial charge >= 0.3 is 0 Å². The third-order valence-electron chi connectivity index (χ3n) is 2.92. The van der Waals surface area contributed by atoms with E-state index in [0.717, 1.165) is 5.56 Å². The van der Waals surface area contributed by atoms with Crippen LogP contribution in [0.1, 0.15) is 12.0 Å². The normalized spacial score (nSPS) is 10.6. The number of amides is 1. The summed E-state index contributed by atoms with van der Waals surface area (Å²) in [7, 11) is 1.81. The molecule has 7 heteroatoms. The second-order valence-electron chi connectivity index (χ2n) is 4.51. The maximum Gasteiger partial charge on any atom is 0.226 e. The minimum absolute atomic E-state index is 0.0618. The quantitative estimate of drug-likeness (QED) is 0.858. The molecule has 2 N–H and O–H groups in total. The molecule has 0 spiro atoms. The molecule has 0 fully saturated rings. The second kappa shape index (κ2) is 7.45. The lowest BCUT2D eigenvalue weighted by Crippen LogP contribution is -2.20. The van der Waals surface area contributed by atoms with Gasteiger partial charge in [-0.05, 0) is 24.7 Å². The molecule has 1 aromatic carbocycles. The number of rotatable bonds is 6. The third kappa shape index (κ3) is 4.46. The van der Waals surface area contributed by atoms with Crippen LogP contribution in [0.15, 0.2) is 30.5 Å². The van der Waals surface area contributed by atoms with Gasteiger partial charge in [0.1, 0.15) is 5.82 Å². The van der Waals surface area contributed by atoms with Crippen molar-refractivity contribution in [3.8, 4) is 0 Å². The van der Waals surface area contributed by atoms with E-state index in [4.69, 9.17) is 23.2 Å². The van der Waals surface area contributed by atoms with Crippen molar-refractivity contribution in [3.05, 3.63) is 46.1 Å². The van der Waals surface area contributed by atoms with Gasteiger partial charge in [-0.15, -0.1) is 0 Å². The van der Waals surface area contributed by atoms with Crippen LogP contribution in [0.5, 0.6) is 0 Å². The second-order valence-corrected chi connectivity index (χ2v) is 5.36. The van der Waals surface area contributed by atoms with Crippen LogP contribution in [0.25, 0.3) is 0 Å². The molecular formula is C14H16Cl2N4O. The van der Waals surface area contributed by atoms with Crippen molar-refractivity contribution >= 4 is 34.9 Å². The zero-order chi connectivity index (χ0) is 15.2. The monoisotopic (exact) mass is 326 g/mol. The number of benzene rings is 1. The SMILES string of the molecule is CNCCC(=O)Nc1ccnn1Cc1ccc(Cl)cc1Cl. The average Bonchev–Trinajstić information content (AvgIpc) is 2.87. The summed E-state index contributed by atoms with van der Waals surface area (Å²) in [6, 6.07) is 7.06. The van der Waals surface area contributed by atoms with Crippen LogP contribution >= 0.6 is 23.2 Å². The summed E-state index contributed by atoms with van der Waals surface area (Å²) in [5.41, 5.74) is 0.885. The molecule has 5 nitrogen and oxygen atoms in total. The summed E-state index contributed by atoms with van der Waals surface area (Å²) in [5, 5.41) is 11.1. The van der Waals surface area contributed by atoms with Gasteiger partial charge in [0.15, 0.2) is 0 Å². The molecule has 2 rings (SSSR count). The lowest BCUT2D eigenvalue weighted by molar-refractivity contribution is -0.116. The van der Waals surface area contributed by atoms with E-state index in [1.807, 2.05) is 6.07 Å². The highest BCUT2D eigenvalue weighted by Crippen LogP contribution is 2.22. The fraction of sp³-hybridized carbons (Fsp3) is 0.286. The minimum atomic E-state index is -0.0618. The van der Waals surface area contributed by atoms with E-state index in [1.54, 1.807) is 36.1 Å². The summed E-state index contributed by atoms with van der Waals surface area (Å²) in [6.07, 6.45) is 2.04. The van der Waals surface area contributed by atoms with Gasteiger partial charge < -0.3 is 10.6 Å². The number of nitrogens with one attached hydrogen (secondary N) is 2. The zero-order valence-electron chi connectivity index (χ0n) is 11.6. The van der Waals surface area contributed by atoms with Gasteiger partial charge in [0.2, 0.25) is 5.91 Å². The summed E-state index contributed by atoms with van der Waals surface area (Å²) >= 11 is 12.0. The Kier molecular flexibility index (Phi) is 5.61. The van der Waals surface area contributed by atoms with Crippen LogP contribution in [0.3, 0.4) is 0 Å². The van der Waals surface area contributed by atoms with Gasteiger partial charge in [-0.3, -0.25) is 4.79 Å². The van der Waals surface area contributed by atoms with Crippen molar-refractivity contribution < 1.29 is 4.79 Å². The molecule has 0 bridgehead atoms. The topological polar surface area (TPSA) is 59.0 Å². The molecule has 0 unspecified atom stereocenters. The molecule has 21 heavy (non-hydrogen) atoms. The Labute approximate surface area is 133 Å². The highest BCUT2D eigenvalue weighted by atomic mass is 35.5. The van der Waals surface area contributed by atoms with E-state index in [9.17, 15) is 4.79 Å². The third-order valence-corrected chi connectivity index (χ3v) is 3.51. The van der Waals surface area contributed by atoms with Crippen LogP contribution in [-0.4, -0.2) is 29.3 Å².